The molecule has 0 aliphatic carbocycles. The lowest BCUT2D eigenvalue weighted by Crippen LogP contribution is -2.51. The van der Waals surface area contributed by atoms with Gasteiger partial charge in [-0.15, -0.1) is 0 Å². The summed E-state index contributed by atoms with van der Waals surface area (Å²) in [5.74, 6) is -0.0374. The Labute approximate surface area is 160 Å². The molecule has 7 nitrogen and oxygen atoms in total. The van der Waals surface area contributed by atoms with Crippen molar-refractivity contribution in [3.05, 3.63) is 29.3 Å². The SMILES string of the molecule is O=S(=O)(CC1CCCCO1)N1CCN(S(=O)(=O)c2ccccc2Cl)CC1. The third kappa shape index (κ3) is 4.40. The highest BCUT2D eigenvalue weighted by Gasteiger charge is 2.35. The van der Waals surface area contributed by atoms with Gasteiger partial charge < -0.3 is 4.74 Å². The number of halogens is 1. The van der Waals surface area contributed by atoms with Crippen LogP contribution in [0.3, 0.4) is 0 Å². The van der Waals surface area contributed by atoms with E-state index in [1.807, 2.05) is 0 Å². The summed E-state index contributed by atoms with van der Waals surface area (Å²) in [6.45, 7) is 1.10. The second-order valence-corrected chi connectivity index (χ2v) is 10.8. The standard InChI is InChI=1S/C16H23ClN2O5S2/c17-15-6-1-2-7-16(15)26(22,23)19-10-8-18(9-11-19)25(20,21)13-14-5-3-4-12-24-14/h1-2,6-7,14H,3-5,8-13H2. The van der Waals surface area contributed by atoms with Gasteiger partial charge in [0.15, 0.2) is 0 Å². The zero-order valence-electron chi connectivity index (χ0n) is 14.4. The van der Waals surface area contributed by atoms with Crippen molar-refractivity contribution in [1.29, 1.82) is 0 Å². The van der Waals surface area contributed by atoms with Crippen LogP contribution >= 0.6 is 11.6 Å². The second-order valence-electron chi connectivity index (χ2n) is 6.50. The van der Waals surface area contributed by atoms with Crippen LogP contribution in [0, 0.1) is 0 Å². The Hall–Kier alpha value is -0.710. The zero-order chi connectivity index (χ0) is 18.8. The second kappa shape index (κ2) is 8.12. The summed E-state index contributed by atoms with van der Waals surface area (Å²) in [4.78, 5) is 0.0496. The fraction of sp³-hybridized carbons (Fsp3) is 0.625. The summed E-state index contributed by atoms with van der Waals surface area (Å²) >= 11 is 6.01. The van der Waals surface area contributed by atoms with Gasteiger partial charge >= 0.3 is 0 Å². The van der Waals surface area contributed by atoms with Crippen molar-refractivity contribution in [2.45, 2.75) is 30.3 Å². The minimum atomic E-state index is -3.73. The first kappa shape index (κ1) is 20.0. The van der Waals surface area contributed by atoms with Crippen molar-refractivity contribution in [2.24, 2.45) is 0 Å². The van der Waals surface area contributed by atoms with Gasteiger partial charge in [-0.25, -0.2) is 16.8 Å². The van der Waals surface area contributed by atoms with Crippen LogP contribution in [-0.2, 0) is 24.8 Å². The number of benzene rings is 1. The summed E-state index contributed by atoms with van der Waals surface area (Å²) < 4.78 is 58.8. The fourth-order valence-electron chi connectivity index (χ4n) is 3.26. The molecule has 146 valence electrons. The largest absolute Gasteiger partial charge is 0.377 e. The van der Waals surface area contributed by atoms with Crippen LogP contribution in [0.1, 0.15) is 19.3 Å². The van der Waals surface area contributed by atoms with Crippen LogP contribution in [0.2, 0.25) is 5.02 Å². The maximum Gasteiger partial charge on any atom is 0.244 e. The average Bonchev–Trinajstić information content (AvgIpc) is 2.62. The molecule has 0 N–H and O–H groups in total. The molecule has 0 saturated carbocycles. The molecule has 26 heavy (non-hydrogen) atoms. The Balaban J connectivity index is 1.64. The van der Waals surface area contributed by atoms with E-state index < -0.39 is 20.0 Å². The molecule has 1 aromatic rings. The van der Waals surface area contributed by atoms with Crippen LogP contribution in [0.4, 0.5) is 0 Å². The molecular weight excluding hydrogens is 400 g/mol. The number of ether oxygens (including phenoxy) is 1. The lowest BCUT2D eigenvalue weighted by atomic mass is 10.1. The molecule has 3 rings (SSSR count). The summed E-state index contributed by atoms with van der Waals surface area (Å²) in [5.41, 5.74) is 0. The quantitative estimate of drug-likeness (QED) is 0.718. The molecule has 1 unspecified atom stereocenters. The highest BCUT2D eigenvalue weighted by molar-refractivity contribution is 7.89. The molecule has 0 radical (unpaired) electrons. The van der Waals surface area contributed by atoms with Gasteiger partial charge in [-0.3, -0.25) is 0 Å². The predicted molar refractivity (Wildman–Crippen MR) is 99.2 cm³/mol. The maximum atomic E-state index is 12.7. The molecule has 1 atom stereocenters. The van der Waals surface area contributed by atoms with E-state index in [0.717, 1.165) is 19.3 Å². The minimum absolute atomic E-state index is 0.0374. The van der Waals surface area contributed by atoms with E-state index in [0.29, 0.717) is 6.61 Å². The topological polar surface area (TPSA) is 84.0 Å². The van der Waals surface area contributed by atoms with E-state index in [4.69, 9.17) is 16.3 Å². The Bertz CT molecular complexity index is 830. The van der Waals surface area contributed by atoms with Gasteiger partial charge in [0.1, 0.15) is 4.90 Å². The van der Waals surface area contributed by atoms with Crippen LogP contribution in [0.25, 0.3) is 0 Å². The normalized spacial score (nSPS) is 23.8. The Kier molecular flexibility index (Phi) is 6.25. The van der Waals surface area contributed by atoms with Gasteiger partial charge in [0.25, 0.3) is 0 Å². The maximum absolute atomic E-state index is 12.7. The Morgan fingerprint density at radius 3 is 2.27 bits per heavy atom. The smallest absolute Gasteiger partial charge is 0.244 e. The molecule has 0 aromatic heterocycles. The average molecular weight is 423 g/mol. The van der Waals surface area contributed by atoms with Crippen LogP contribution in [0.5, 0.6) is 0 Å². The van der Waals surface area contributed by atoms with Gasteiger partial charge in [0.05, 0.1) is 16.9 Å². The van der Waals surface area contributed by atoms with Crippen molar-refractivity contribution < 1.29 is 21.6 Å². The van der Waals surface area contributed by atoms with Crippen molar-refractivity contribution in [1.82, 2.24) is 8.61 Å². The van der Waals surface area contributed by atoms with Crippen LogP contribution in [-0.4, -0.2) is 70.1 Å². The monoisotopic (exact) mass is 422 g/mol. The van der Waals surface area contributed by atoms with Crippen molar-refractivity contribution in [2.75, 3.05) is 38.5 Å². The number of piperazine rings is 1. The molecule has 0 bridgehead atoms. The summed E-state index contributed by atoms with van der Waals surface area (Å²) in [5, 5.41) is 0.164. The number of hydrogen-bond acceptors (Lipinski definition) is 5. The van der Waals surface area contributed by atoms with E-state index in [9.17, 15) is 16.8 Å². The van der Waals surface area contributed by atoms with Crippen LogP contribution in [0.15, 0.2) is 29.2 Å². The number of nitrogens with zero attached hydrogens (tertiary/aromatic N) is 2. The van der Waals surface area contributed by atoms with Crippen molar-refractivity contribution >= 4 is 31.6 Å². The number of sulfonamides is 2. The van der Waals surface area contributed by atoms with E-state index in [1.54, 1.807) is 12.1 Å². The first-order chi connectivity index (χ1) is 12.3. The summed E-state index contributed by atoms with van der Waals surface area (Å²) in [6, 6.07) is 6.27. The minimum Gasteiger partial charge on any atom is -0.377 e. The predicted octanol–water partition coefficient (Wildman–Crippen LogP) is 1.55. The summed E-state index contributed by atoms with van der Waals surface area (Å²) in [6.07, 6.45) is 2.43. The molecule has 2 heterocycles. The van der Waals surface area contributed by atoms with E-state index in [-0.39, 0.29) is 48.0 Å². The zero-order valence-corrected chi connectivity index (χ0v) is 16.8. The number of rotatable bonds is 5. The van der Waals surface area contributed by atoms with Crippen LogP contribution < -0.4 is 0 Å². The summed E-state index contributed by atoms with van der Waals surface area (Å²) in [7, 11) is -7.20. The van der Waals surface area contributed by atoms with Gasteiger partial charge in [-0.2, -0.15) is 8.61 Å². The first-order valence-corrected chi connectivity index (χ1v) is 12.1. The molecule has 2 aliphatic heterocycles. The number of hydrogen-bond donors (Lipinski definition) is 0. The van der Waals surface area contributed by atoms with Gasteiger partial charge in [-0.1, -0.05) is 23.7 Å². The van der Waals surface area contributed by atoms with E-state index in [2.05, 4.69) is 0 Å². The van der Waals surface area contributed by atoms with Crippen molar-refractivity contribution in [3.8, 4) is 0 Å². The third-order valence-electron chi connectivity index (χ3n) is 4.72. The van der Waals surface area contributed by atoms with Crippen molar-refractivity contribution in [3.63, 3.8) is 0 Å². The molecule has 2 saturated heterocycles. The Morgan fingerprint density at radius 1 is 1.00 bits per heavy atom. The molecule has 10 heteroatoms. The molecule has 2 fully saturated rings. The first-order valence-electron chi connectivity index (χ1n) is 8.65. The molecule has 0 amide bonds. The van der Waals surface area contributed by atoms with Gasteiger partial charge in [-0.05, 0) is 31.4 Å². The Morgan fingerprint density at radius 2 is 1.65 bits per heavy atom. The lowest BCUT2D eigenvalue weighted by molar-refractivity contribution is 0.0297. The van der Waals surface area contributed by atoms with Gasteiger partial charge in [0.2, 0.25) is 20.0 Å². The van der Waals surface area contributed by atoms with E-state index >= 15 is 0 Å². The fourth-order valence-corrected chi connectivity index (χ4v) is 6.84. The van der Waals surface area contributed by atoms with E-state index in [1.165, 1.54) is 20.7 Å². The molecule has 2 aliphatic rings. The molecule has 1 aromatic carbocycles. The highest BCUT2D eigenvalue weighted by atomic mass is 35.5. The molecular formula is C16H23ClN2O5S2. The lowest BCUT2D eigenvalue weighted by Gasteiger charge is -2.34. The molecule has 0 spiro atoms. The third-order valence-corrected chi connectivity index (χ3v) is 9.06. The highest BCUT2D eigenvalue weighted by Crippen LogP contribution is 2.25. The van der Waals surface area contributed by atoms with Gasteiger partial charge in [0, 0.05) is 32.8 Å².